The Morgan fingerprint density at radius 2 is 2.18 bits per heavy atom. The van der Waals surface area contributed by atoms with Gasteiger partial charge in [-0.05, 0) is 12.0 Å². The van der Waals surface area contributed by atoms with Gasteiger partial charge in [0.1, 0.15) is 5.82 Å². The third-order valence-electron chi connectivity index (χ3n) is 4.30. The molecule has 1 aromatic carbocycles. The summed E-state index contributed by atoms with van der Waals surface area (Å²) < 4.78 is 2.02. The molecule has 2 aromatic rings. The standard InChI is InChI=1S/C17H23N5/c1-18-17(20-12-16-19-9-11-21(16)2)22-10-8-15(13-22)14-6-4-3-5-7-14/h3-7,9,11,15H,8,10,12-13H2,1-2H3,(H,18,20). The molecule has 0 radical (unpaired) electrons. The lowest BCUT2D eigenvalue weighted by Gasteiger charge is -2.21. The molecule has 2 heterocycles. The number of imidazole rings is 1. The first kappa shape index (κ1) is 14.6. The van der Waals surface area contributed by atoms with Crippen molar-refractivity contribution < 1.29 is 0 Å². The van der Waals surface area contributed by atoms with Crippen molar-refractivity contribution in [2.45, 2.75) is 18.9 Å². The van der Waals surface area contributed by atoms with Gasteiger partial charge in [0.2, 0.25) is 0 Å². The summed E-state index contributed by atoms with van der Waals surface area (Å²) in [7, 11) is 3.85. The molecule has 1 aliphatic heterocycles. The molecule has 1 atom stereocenters. The SMILES string of the molecule is CN=C(NCc1nccn1C)N1CCC(c2ccccc2)C1. The molecular formula is C17H23N5. The van der Waals surface area contributed by atoms with Crippen molar-refractivity contribution >= 4 is 5.96 Å². The highest BCUT2D eigenvalue weighted by atomic mass is 15.3. The van der Waals surface area contributed by atoms with Crippen LogP contribution in [0.4, 0.5) is 0 Å². The summed E-state index contributed by atoms with van der Waals surface area (Å²) in [4.78, 5) is 11.1. The van der Waals surface area contributed by atoms with Crippen LogP contribution < -0.4 is 5.32 Å². The zero-order valence-electron chi connectivity index (χ0n) is 13.2. The van der Waals surface area contributed by atoms with Gasteiger partial charge < -0.3 is 14.8 Å². The van der Waals surface area contributed by atoms with E-state index in [1.165, 1.54) is 12.0 Å². The van der Waals surface area contributed by atoms with Crippen molar-refractivity contribution in [1.29, 1.82) is 0 Å². The minimum Gasteiger partial charge on any atom is -0.349 e. The van der Waals surface area contributed by atoms with Crippen LogP contribution in [0, 0.1) is 0 Å². The molecule has 0 spiro atoms. The highest BCUT2D eigenvalue weighted by Crippen LogP contribution is 2.26. The molecule has 1 fully saturated rings. The van der Waals surface area contributed by atoms with Crippen molar-refractivity contribution in [2.24, 2.45) is 12.0 Å². The second-order valence-corrected chi connectivity index (χ2v) is 5.70. The van der Waals surface area contributed by atoms with Crippen LogP contribution in [0.25, 0.3) is 0 Å². The fraction of sp³-hybridized carbons (Fsp3) is 0.412. The minimum atomic E-state index is 0.591. The van der Waals surface area contributed by atoms with E-state index in [4.69, 9.17) is 0 Å². The molecule has 116 valence electrons. The number of nitrogens with one attached hydrogen (secondary N) is 1. The zero-order chi connectivity index (χ0) is 15.4. The average molecular weight is 297 g/mol. The molecule has 1 aromatic heterocycles. The number of hydrogen-bond acceptors (Lipinski definition) is 2. The van der Waals surface area contributed by atoms with Gasteiger partial charge in [-0.2, -0.15) is 0 Å². The first-order valence-electron chi connectivity index (χ1n) is 7.74. The summed E-state index contributed by atoms with van der Waals surface area (Å²) in [5.74, 6) is 2.56. The van der Waals surface area contributed by atoms with Gasteiger partial charge in [0.25, 0.3) is 0 Å². The maximum atomic E-state index is 4.42. The van der Waals surface area contributed by atoms with Crippen molar-refractivity contribution in [1.82, 2.24) is 19.8 Å². The first-order chi connectivity index (χ1) is 10.8. The Bertz CT molecular complexity index is 632. The summed E-state index contributed by atoms with van der Waals surface area (Å²) in [6.07, 6.45) is 4.95. The van der Waals surface area contributed by atoms with Crippen molar-refractivity contribution in [3.8, 4) is 0 Å². The lowest BCUT2D eigenvalue weighted by molar-refractivity contribution is 0.483. The number of aliphatic imine (C=N–C) groups is 1. The number of nitrogens with zero attached hydrogens (tertiary/aromatic N) is 4. The third kappa shape index (κ3) is 3.13. The highest BCUT2D eigenvalue weighted by molar-refractivity contribution is 5.80. The predicted molar refractivity (Wildman–Crippen MR) is 88.8 cm³/mol. The number of hydrogen-bond donors (Lipinski definition) is 1. The van der Waals surface area contributed by atoms with E-state index in [1.54, 1.807) is 0 Å². The number of benzene rings is 1. The van der Waals surface area contributed by atoms with Crippen LogP contribution in [0.5, 0.6) is 0 Å². The number of likely N-dealkylation sites (tertiary alicyclic amines) is 1. The molecule has 0 amide bonds. The maximum absolute atomic E-state index is 4.42. The molecule has 1 N–H and O–H groups in total. The second-order valence-electron chi connectivity index (χ2n) is 5.70. The van der Waals surface area contributed by atoms with Gasteiger partial charge in [0.15, 0.2) is 5.96 Å². The number of aromatic nitrogens is 2. The van der Waals surface area contributed by atoms with Crippen LogP contribution in [-0.4, -0.2) is 40.5 Å². The van der Waals surface area contributed by atoms with E-state index in [0.29, 0.717) is 12.5 Å². The van der Waals surface area contributed by atoms with E-state index in [2.05, 4.69) is 50.5 Å². The monoisotopic (exact) mass is 297 g/mol. The van der Waals surface area contributed by atoms with E-state index >= 15 is 0 Å². The van der Waals surface area contributed by atoms with Crippen LogP contribution in [0.2, 0.25) is 0 Å². The van der Waals surface area contributed by atoms with Gasteiger partial charge in [-0.25, -0.2) is 4.98 Å². The Morgan fingerprint density at radius 3 is 2.86 bits per heavy atom. The molecule has 1 saturated heterocycles. The average Bonchev–Trinajstić information content (AvgIpc) is 3.19. The predicted octanol–water partition coefficient (Wildman–Crippen LogP) is 1.98. The fourth-order valence-corrected chi connectivity index (χ4v) is 3.01. The van der Waals surface area contributed by atoms with Crippen LogP contribution in [0.1, 0.15) is 23.7 Å². The van der Waals surface area contributed by atoms with E-state index in [1.807, 2.05) is 31.1 Å². The smallest absolute Gasteiger partial charge is 0.194 e. The summed E-state index contributed by atoms with van der Waals surface area (Å²) in [6, 6.07) is 10.7. The van der Waals surface area contributed by atoms with Crippen LogP contribution in [0.15, 0.2) is 47.7 Å². The van der Waals surface area contributed by atoms with E-state index in [0.717, 1.165) is 24.9 Å². The Morgan fingerprint density at radius 1 is 1.36 bits per heavy atom. The maximum Gasteiger partial charge on any atom is 0.194 e. The Balaban J connectivity index is 1.60. The molecule has 5 heteroatoms. The van der Waals surface area contributed by atoms with E-state index < -0.39 is 0 Å². The lowest BCUT2D eigenvalue weighted by Crippen LogP contribution is -2.39. The highest BCUT2D eigenvalue weighted by Gasteiger charge is 2.25. The molecular weight excluding hydrogens is 274 g/mol. The number of rotatable bonds is 3. The normalized spacial score (nSPS) is 18.7. The van der Waals surface area contributed by atoms with E-state index in [9.17, 15) is 0 Å². The molecule has 5 nitrogen and oxygen atoms in total. The topological polar surface area (TPSA) is 45.5 Å². The summed E-state index contributed by atoms with van der Waals surface area (Å²) in [5, 5.41) is 3.42. The van der Waals surface area contributed by atoms with Gasteiger partial charge >= 0.3 is 0 Å². The molecule has 0 bridgehead atoms. The molecule has 0 aliphatic carbocycles. The number of aryl methyl sites for hydroxylation is 1. The first-order valence-corrected chi connectivity index (χ1v) is 7.74. The molecule has 3 rings (SSSR count). The van der Waals surface area contributed by atoms with Crippen LogP contribution in [0.3, 0.4) is 0 Å². The molecule has 1 aliphatic rings. The second kappa shape index (κ2) is 6.64. The lowest BCUT2D eigenvalue weighted by atomic mass is 9.99. The largest absolute Gasteiger partial charge is 0.349 e. The minimum absolute atomic E-state index is 0.591. The van der Waals surface area contributed by atoms with E-state index in [-0.39, 0.29) is 0 Å². The molecule has 22 heavy (non-hydrogen) atoms. The van der Waals surface area contributed by atoms with Crippen molar-refractivity contribution in [3.05, 3.63) is 54.1 Å². The van der Waals surface area contributed by atoms with Gasteiger partial charge in [-0.15, -0.1) is 0 Å². The Labute approximate surface area is 131 Å². The summed E-state index contributed by atoms with van der Waals surface area (Å²) >= 11 is 0. The zero-order valence-corrected chi connectivity index (χ0v) is 13.2. The van der Waals surface area contributed by atoms with Crippen molar-refractivity contribution in [2.75, 3.05) is 20.1 Å². The summed E-state index contributed by atoms with van der Waals surface area (Å²) in [6.45, 7) is 2.76. The summed E-state index contributed by atoms with van der Waals surface area (Å²) in [5.41, 5.74) is 1.42. The quantitative estimate of drug-likeness (QED) is 0.696. The molecule has 0 saturated carbocycles. The van der Waals surface area contributed by atoms with Crippen molar-refractivity contribution in [3.63, 3.8) is 0 Å². The molecule has 1 unspecified atom stereocenters. The third-order valence-corrected chi connectivity index (χ3v) is 4.30. The van der Waals surface area contributed by atoms with Gasteiger partial charge in [-0.1, -0.05) is 30.3 Å². The van der Waals surface area contributed by atoms with Crippen LogP contribution in [-0.2, 0) is 13.6 Å². The Kier molecular flexibility index (Phi) is 4.42. The van der Waals surface area contributed by atoms with Gasteiger partial charge in [-0.3, -0.25) is 4.99 Å². The number of guanidine groups is 1. The Hall–Kier alpha value is -2.30. The fourth-order valence-electron chi connectivity index (χ4n) is 3.01. The van der Waals surface area contributed by atoms with Crippen LogP contribution >= 0.6 is 0 Å². The van der Waals surface area contributed by atoms with Gasteiger partial charge in [0.05, 0.1) is 6.54 Å². The van der Waals surface area contributed by atoms with Gasteiger partial charge in [0, 0.05) is 45.5 Å².